The van der Waals surface area contributed by atoms with Gasteiger partial charge in [0, 0.05) is 26.7 Å². The third-order valence-electron chi connectivity index (χ3n) is 4.20. The first-order valence-corrected chi connectivity index (χ1v) is 7.84. The van der Waals surface area contributed by atoms with Gasteiger partial charge in [0.25, 0.3) is 5.95 Å². The summed E-state index contributed by atoms with van der Waals surface area (Å²) in [5, 5.41) is 13.8. The molecule has 2 atom stereocenters. The highest BCUT2D eigenvalue weighted by Crippen LogP contribution is 2.40. The summed E-state index contributed by atoms with van der Waals surface area (Å²) in [6.07, 6.45) is -4.93. The summed E-state index contributed by atoms with van der Waals surface area (Å²) < 4.78 is 45.1. The van der Waals surface area contributed by atoms with Gasteiger partial charge in [-0.25, -0.2) is 0 Å². The normalized spacial score (nSPS) is 21.7. The zero-order valence-corrected chi connectivity index (χ0v) is 13.9. The van der Waals surface area contributed by atoms with E-state index in [1.807, 2.05) is 0 Å². The van der Waals surface area contributed by atoms with E-state index in [1.165, 1.54) is 12.1 Å². The average Bonchev–Trinajstić information content (AvgIpc) is 3.14. The Morgan fingerprint density at radius 2 is 2.04 bits per heavy atom. The molecule has 1 aromatic carbocycles. The quantitative estimate of drug-likeness (QED) is 0.908. The van der Waals surface area contributed by atoms with Crippen molar-refractivity contribution in [2.45, 2.75) is 31.3 Å². The zero-order chi connectivity index (χ0) is 18.2. The van der Waals surface area contributed by atoms with Crippen LogP contribution < -0.4 is 4.90 Å². The number of rotatable bonds is 4. The van der Waals surface area contributed by atoms with Gasteiger partial charge in [-0.15, -0.1) is 0 Å². The molecular formula is C16H19F3N4O2. The maximum atomic E-state index is 13.3. The van der Waals surface area contributed by atoms with Gasteiger partial charge in [0.15, 0.2) is 0 Å². The number of alkyl halides is 3. The summed E-state index contributed by atoms with van der Waals surface area (Å²) in [6.45, 7) is 0.422. The molecule has 1 aromatic heterocycles. The van der Waals surface area contributed by atoms with Gasteiger partial charge >= 0.3 is 6.18 Å². The molecule has 1 aliphatic heterocycles. The summed E-state index contributed by atoms with van der Waals surface area (Å²) in [5.41, 5.74) is -0.530. The second kappa shape index (κ2) is 6.64. The lowest BCUT2D eigenvalue weighted by Gasteiger charge is -2.25. The molecule has 0 bridgehead atoms. The first-order valence-electron chi connectivity index (χ1n) is 7.84. The number of aliphatic hydroxyl groups is 1. The molecule has 0 aliphatic carbocycles. The summed E-state index contributed by atoms with van der Waals surface area (Å²) in [7, 11) is 3.52. The van der Waals surface area contributed by atoms with Crippen molar-refractivity contribution in [1.29, 1.82) is 0 Å². The molecule has 6 nitrogen and oxygen atoms in total. The Morgan fingerprint density at radius 1 is 1.32 bits per heavy atom. The third kappa shape index (κ3) is 3.77. The predicted octanol–water partition coefficient (Wildman–Crippen LogP) is 2.46. The Hall–Kier alpha value is -2.13. The van der Waals surface area contributed by atoms with Crippen LogP contribution in [-0.4, -0.2) is 46.9 Å². The number of hydrogen-bond acceptors (Lipinski definition) is 6. The van der Waals surface area contributed by atoms with Gasteiger partial charge in [0.2, 0.25) is 5.89 Å². The molecule has 0 saturated carbocycles. The van der Waals surface area contributed by atoms with E-state index in [1.54, 1.807) is 30.0 Å². The van der Waals surface area contributed by atoms with Crippen LogP contribution in [0.25, 0.3) is 0 Å². The predicted molar refractivity (Wildman–Crippen MR) is 83.8 cm³/mol. The molecule has 1 saturated heterocycles. The number of benzene rings is 1. The number of anilines is 1. The van der Waals surface area contributed by atoms with Crippen LogP contribution in [0.15, 0.2) is 28.8 Å². The van der Waals surface area contributed by atoms with Crippen LogP contribution in [0.4, 0.5) is 19.1 Å². The van der Waals surface area contributed by atoms with Crippen LogP contribution in [0.3, 0.4) is 0 Å². The van der Waals surface area contributed by atoms with E-state index < -0.39 is 23.9 Å². The van der Waals surface area contributed by atoms with Crippen LogP contribution in [0.2, 0.25) is 0 Å². The van der Waals surface area contributed by atoms with Crippen LogP contribution in [0.5, 0.6) is 0 Å². The number of halogens is 3. The number of β-amino-alcohol motifs (C(OH)–C–C–N with tert-alkyl or cyclic N) is 1. The minimum absolute atomic E-state index is 0.152. The van der Waals surface area contributed by atoms with Crippen molar-refractivity contribution in [1.82, 2.24) is 15.0 Å². The number of aliphatic hydroxyl groups excluding tert-OH is 1. The minimum atomic E-state index is -4.45. The van der Waals surface area contributed by atoms with Crippen molar-refractivity contribution < 1.29 is 22.8 Å². The van der Waals surface area contributed by atoms with Gasteiger partial charge in [-0.05, 0) is 23.2 Å². The number of likely N-dealkylation sites (tertiary alicyclic amines) is 1. The number of hydrogen-bond donors (Lipinski definition) is 1. The van der Waals surface area contributed by atoms with E-state index in [0.717, 1.165) is 6.07 Å². The molecule has 1 fully saturated rings. The molecule has 0 spiro atoms. The number of aromatic nitrogens is 2. The fraction of sp³-hybridized carbons (Fsp3) is 0.500. The van der Waals surface area contributed by atoms with E-state index in [2.05, 4.69) is 10.1 Å². The molecule has 136 valence electrons. The average molecular weight is 356 g/mol. The fourth-order valence-corrected chi connectivity index (χ4v) is 3.09. The maximum Gasteiger partial charge on any atom is 0.416 e. The second-order valence-electron chi connectivity index (χ2n) is 6.30. The van der Waals surface area contributed by atoms with E-state index in [0.29, 0.717) is 11.8 Å². The minimum Gasteiger partial charge on any atom is -0.392 e. The lowest BCUT2D eigenvalue weighted by Crippen LogP contribution is -2.26. The van der Waals surface area contributed by atoms with Gasteiger partial charge in [-0.3, -0.25) is 4.90 Å². The van der Waals surface area contributed by atoms with Crippen molar-refractivity contribution in [3.63, 3.8) is 0 Å². The van der Waals surface area contributed by atoms with Gasteiger partial charge in [-0.2, -0.15) is 18.2 Å². The Morgan fingerprint density at radius 3 is 2.68 bits per heavy atom. The monoisotopic (exact) mass is 356 g/mol. The molecule has 2 heterocycles. The van der Waals surface area contributed by atoms with Crippen LogP contribution in [0.1, 0.15) is 29.5 Å². The van der Waals surface area contributed by atoms with Crippen molar-refractivity contribution in [2.75, 3.05) is 25.5 Å². The summed E-state index contributed by atoms with van der Waals surface area (Å²) in [5.74, 6) is 0.689. The Bertz CT molecular complexity index is 732. The molecule has 0 radical (unpaired) electrons. The van der Waals surface area contributed by atoms with Crippen molar-refractivity contribution >= 4 is 5.95 Å². The van der Waals surface area contributed by atoms with E-state index in [-0.39, 0.29) is 25.1 Å². The highest BCUT2D eigenvalue weighted by atomic mass is 19.4. The van der Waals surface area contributed by atoms with Crippen molar-refractivity contribution in [3.8, 4) is 0 Å². The zero-order valence-electron chi connectivity index (χ0n) is 13.9. The topological polar surface area (TPSA) is 65.6 Å². The highest BCUT2D eigenvalue weighted by Gasteiger charge is 2.40. The molecule has 2 unspecified atom stereocenters. The third-order valence-corrected chi connectivity index (χ3v) is 4.20. The molecule has 1 N–H and O–H groups in total. The van der Waals surface area contributed by atoms with E-state index in [9.17, 15) is 18.3 Å². The summed E-state index contributed by atoms with van der Waals surface area (Å²) in [6, 6.07) is 4.89. The first-order chi connectivity index (χ1) is 11.8. The molecule has 0 amide bonds. The van der Waals surface area contributed by atoms with E-state index >= 15 is 0 Å². The standard InChI is InChI=1S/C16H19F3N4O2/c1-22(2)15-20-14(25-21-15)9-23-8-10(24)7-13(23)11-5-3-4-6-12(11)16(17,18)19/h3-6,10,13,24H,7-9H2,1-2H3. The van der Waals surface area contributed by atoms with Crippen LogP contribution in [-0.2, 0) is 12.7 Å². The summed E-state index contributed by atoms with van der Waals surface area (Å²) in [4.78, 5) is 7.61. The maximum absolute atomic E-state index is 13.3. The smallest absolute Gasteiger partial charge is 0.392 e. The van der Waals surface area contributed by atoms with Crippen LogP contribution in [0, 0.1) is 0 Å². The van der Waals surface area contributed by atoms with Gasteiger partial charge in [0.05, 0.1) is 18.2 Å². The van der Waals surface area contributed by atoms with E-state index in [4.69, 9.17) is 4.52 Å². The van der Waals surface area contributed by atoms with Crippen molar-refractivity contribution in [3.05, 3.63) is 41.3 Å². The lowest BCUT2D eigenvalue weighted by molar-refractivity contribution is -0.138. The molecule has 2 aromatic rings. The number of nitrogens with zero attached hydrogens (tertiary/aromatic N) is 4. The largest absolute Gasteiger partial charge is 0.416 e. The Labute approximate surface area is 142 Å². The lowest BCUT2D eigenvalue weighted by atomic mass is 9.97. The van der Waals surface area contributed by atoms with Crippen molar-refractivity contribution in [2.24, 2.45) is 0 Å². The first kappa shape index (κ1) is 17.7. The second-order valence-corrected chi connectivity index (χ2v) is 6.30. The fourth-order valence-electron chi connectivity index (χ4n) is 3.09. The van der Waals surface area contributed by atoms with Gasteiger partial charge < -0.3 is 14.5 Å². The van der Waals surface area contributed by atoms with Gasteiger partial charge in [0.1, 0.15) is 0 Å². The molecule has 9 heteroatoms. The molecular weight excluding hydrogens is 337 g/mol. The Balaban J connectivity index is 1.87. The molecule has 25 heavy (non-hydrogen) atoms. The Kier molecular flexibility index (Phi) is 4.70. The SMILES string of the molecule is CN(C)c1noc(CN2CC(O)CC2c2ccccc2C(F)(F)F)n1. The summed E-state index contributed by atoms with van der Waals surface area (Å²) >= 11 is 0. The highest BCUT2D eigenvalue weighted by molar-refractivity contribution is 5.33. The van der Waals surface area contributed by atoms with Crippen LogP contribution >= 0.6 is 0 Å². The molecule has 3 rings (SSSR count). The molecule has 1 aliphatic rings. The van der Waals surface area contributed by atoms with Gasteiger partial charge in [-0.1, -0.05) is 18.2 Å².